The number of nitrogens with one attached hydrogen (secondary N) is 2. The average Bonchev–Trinajstić information content (AvgIpc) is 2.58. The Morgan fingerprint density at radius 3 is 2.61 bits per heavy atom. The van der Waals surface area contributed by atoms with E-state index in [2.05, 4.69) is 26.6 Å². The lowest BCUT2D eigenvalue weighted by Crippen LogP contribution is -2.34. The van der Waals surface area contributed by atoms with Crippen LogP contribution in [-0.2, 0) is 11.3 Å². The molecule has 1 atom stereocenters. The molecule has 0 saturated carbocycles. The van der Waals surface area contributed by atoms with Gasteiger partial charge in [-0.25, -0.2) is 0 Å². The van der Waals surface area contributed by atoms with E-state index in [-0.39, 0.29) is 18.5 Å². The summed E-state index contributed by atoms with van der Waals surface area (Å²) in [6.45, 7) is 2.85. The van der Waals surface area contributed by atoms with E-state index in [9.17, 15) is 4.79 Å². The Morgan fingerprint density at radius 2 is 1.96 bits per heavy atom. The molecule has 0 spiro atoms. The molecule has 4 nitrogen and oxygen atoms in total. The van der Waals surface area contributed by atoms with E-state index in [1.54, 1.807) is 7.11 Å². The van der Waals surface area contributed by atoms with Crippen LogP contribution in [0.5, 0.6) is 5.75 Å². The molecule has 0 radical (unpaired) electrons. The van der Waals surface area contributed by atoms with Crippen LogP contribution in [-0.4, -0.2) is 19.6 Å². The van der Waals surface area contributed by atoms with E-state index < -0.39 is 0 Å². The maximum atomic E-state index is 11.9. The van der Waals surface area contributed by atoms with Crippen LogP contribution in [0.25, 0.3) is 0 Å². The topological polar surface area (TPSA) is 50.4 Å². The molecule has 0 saturated heterocycles. The van der Waals surface area contributed by atoms with Crippen molar-refractivity contribution in [2.45, 2.75) is 19.5 Å². The zero-order valence-corrected chi connectivity index (χ0v) is 14.9. The number of methoxy groups -OCH3 is 1. The van der Waals surface area contributed by atoms with Gasteiger partial charge in [-0.3, -0.25) is 4.79 Å². The largest absolute Gasteiger partial charge is 0.496 e. The molecule has 2 aromatic carbocycles. The van der Waals surface area contributed by atoms with E-state index in [1.165, 1.54) is 0 Å². The van der Waals surface area contributed by atoms with Gasteiger partial charge in [-0.05, 0) is 46.1 Å². The minimum absolute atomic E-state index is 0.0201. The fourth-order valence-electron chi connectivity index (χ4n) is 2.17. The molecule has 0 aromatic heterocycles. The Bertz CT molecular complexity index is 647. The van der Waals surface area contributed by atoms with E-state index >= 15 is 0 Å². The molecule has 23 heavy (non-hydrogen) atoms. The van der Waals surface area contributed by atoms with Crippen molar-refractivity contribution < 1.29 is 9.53 Å². The monoisotopic (exact) mass is 376 g/mol. The molecule has 1 amide bonds. The fraction of sp³-hybridized carbons (Fsp3) is 0.278. The maximum Gasteiger partial charge on any atom is 0.234 e. The molecule has 2 rings (SSSR count). The van der Waals surface area contributed by atoms with Gasteiger partial charge in [0.15, 0.2) is 0 Å². The summed E-state index contributed by atoms with van der Waals surface area (Å²) in [5, 5.41) is 6.13. The van der Waals surface area contributed by atoms with Crippen molar-refractivity contribution in [1.29, 1.82) is 0 Å². The summed E-state index contributed by atoms with van der Waals surface area (Å²) in [5.41, 5.74) is 2.18. The first-order valence-corrected chi connectivity index (χ1v) is 8.27. The third-order valence-electron chi connectivity index (χ3n) is 3.58. The molecule has 0 aliphatic heterocycles. The lowest BCUT2D eigenvalue weighted by molar-refractivity contribution is -0.120. The molecule has 0 unspecified atom stereocenters. The minimum Gasteiger partial charge on any atom is -0.496 e. The zero-order chi connectivity index (χ0) is 16.7. The smallest absolute Gasteiger partial charge is 0.234 e. The van der Waals surface area contributed by atoms with Crippen molar-refractivity contribution in [1.82, 2.24) is 10.6 Å². The van der Waals surface area contributed by atoms with E-state index in [0.717, 1.165) is 21.3 Å². The molecular weight excluding hydrogens is 356 g/mol. The third kappa shape index (κ3) is 5.37. The normalized spacial score (nSPS) is 11.8. The van der Waals surface area contributed by atoms with Crippen molar-refractivity contribution in [2.75, 3.05) is 13.7 Å². The molecular formula is C18H21BrN2O2. The van der Waals surface area contributed by atoms with Gasteiger partial charge in [-0.1, -0.05) is 36.4 Å². The van der Waals surface area contributed by atoms with Gasteiger partial charge in [0.05, 0.1) is 18.1 Å². The van der Waals surface area contributed by atoms with Crippen LogP contribution < -0.4 is 15.4 Å². The van der Waals surface area contributed by atoms with Crippen LogP contribution in [0.2, 0.25) is 0 Å². The molecule has 0 fully saturated rings. The van der Waals surface area contributed by atoms with Gasteiger partial charge >= 0.3 is 0 Å². The Morgan fingerprint density at radius 1 is 1.22 bits per heavy atom. The van der Waals surface area contributed by atoms with Gasteiger partial charge in [0.25, 0.3) is 0 Å². The first-order valence-electron chi connectivity index (χ1n) is 7.47. The van der Waals surface area contributed by atoms with Gasteiger partial charge in [0.1, 0.15) is 5.75 Å². The molecule has 0 heterocycles. The number of hydrogen-bond acceptors (Lipinski definition) is 3. The predicted molar refractivity (Wildman–Crippen MR) is 95.4 cm³/mol. The van der Waals surface area contributed by atoms with Crippen LogP contribution in [0.4, 0.5) is 0 Å². The van der Waals surface area contributed by atoms with E-state index in [4.69, 9.17) is 4.74 Å². The molecule has 0 bridgehead atoms. The van der Waals surface area contributed by atoms with E-state index in [0.29, 0.717) is 6.54 Å². The number of rotatable bonds is 7. The van der Waals surface area contributed by atoms with Crippen molar-refractivity contribution in [2.24, 2.45) is 0 Å². The van der Waals surface area contributed by atoms with Crippen LogP contribution in [0, 0.1) is 0 Å². The number of halogens is 1. The number of benzene rings is 2. The predicted octanol–water partition coefficient (Wildman–Crippen LogP) is 3.42. The molecule has 2 N–H and O–H groups in total. The third-order valence-corrected chi connectivity index (χ3v) is 4.20. The summed E-state index contributed by atoms with van der Waals surface area (Å²) in [6.07, 6.45) is 0. The maximum absolute atomic E-state index is 11.9. The summed E-state index contributed by atoms with van der Waals surface area (Å²) >= 11 is 3.47. The molecule has 2 aromatic rings. The fourth-order valence-corrected chi connectivity index (χ4v) is 2.73. The van der Waals surface area contributed by atoms with Crippen molar-refractivity contribution in [3.8, 4) is 5.75 Å². The number of hydrogen-bond donors (Lipinski definition) is 2. The highest BCUT2D eigenvalue weighted by Gasteiger charge is 2.10. The quantitative estimate of drug-likeness (QED) is 0.778. The molecule has 122 valence electrons. The Labute approximate surface area is 145 Å². The Kier molecular flexibility index (Phi) is 6.62. The highest BCUT2D eigenvalue weighted by Crippen LogP contribution is 2.27. The summed E-state index contributed by atoms with van der Waals surface area (Å²) in [5.74, 6) is 0.773. The second-order valence-electron chi connectivity index (χ2n) is 5.26. The summed E-state index contributed by atoms with van der Waals surface area (Å²) in [6, 6.07) is 15.8. The van der Waals surface area contributed by atoms with Crippen LogP contribution in [0.3, 0.4) is 0 Å². The van der Waals surface area contributed by atoms with Crippen molar-refractivity contribution >= 4 is 21.8 Å². The molecule has 5 heteroatoms. The van der Waals surface area contributed by atoms with Gasteiger partial charge in [-0.15, -0.1) is 0 Å². The van der Waals surface area contributed by atoms with Crippen LogP contribution in [0.15, 0.2) is 53.0 Å². The van der Waals surface area contributed by atoms with Crippen molar-refractivity contribution in [3.63, 3.8) is 0 Å². The molecule has 0 aliphatic carbocycles. The van der Waals surface area contributed by atoms with E-state index in [1.807, 2.05) is 55.5 Å². The highest BCUT2D eigenvalue weighted by molar-refractivity contribution is 9.10. The Hall–Kier alpha value is -1.85. The van der Waals surface area contributed by atoms with Gasteiger partial charge < -0.3 is 15.4 Å². The van der Waals surface area contributed by atoms with Crippen LogP contribution in [0.1, 0.15) is 24.1 Å². The van der Waals surface area contributed by atoms with Gasteiger partial charge in [0, 0.05) is 12.6 Å². The second kappa shape index (κ2) is 8.70. The average molecular weight is 377 g/mol. The first-order chi connectivity index (χ1) is 11.1. The number of ether oxygens (including phenoxy) is 1. The first kappa shape index (κ1) is 17.5. The highest BCUT2D eigenvalue weighted by atomic mass is 79.9. The van der Waals surface area contributed by atoms with Crippen molar-refractivity contribution in [3.05, 3.63) is 64.1 Å². The minimum atomic E-state index is -0.0201. The number of carbonyl (C=O) groups excluding carboxylic acids is 1. The second-order valence-corrected chi connectivity index (χ2v) is 6.11. The summed E-state index contributed by atoms with van der Waals surface area (Å²) < 4.78 is 6.12. The molecule has 0 aliphatic rings. The number of carbonyl (C=O) groups is 1. The Balaban J connectivity index is 1.80. The van der Waals surface area contributed by atoms with Gasteiger partial charge in [-0.2, -0.15) is 0 Å². The lowest BCUT2D eigenvalue weighted by Gasteiger charge is -2.15. The van der Waals surface area contributed by atoms with Gasteiger partial charge in [0.2, 0.25) is 5.91 Å². The lowest BCUT2D eigenvalue weighted by atomic mass is 10.1. The zero-order valence-electron chi connectivity index (χ0n) is 13.3. The summed E-state index contributed by atoms with van der Waals surface area (Å²) in [4.78, 5) is 11.9. The SMILES string of the molecule is COc1ccc([C@@H](C)NCC(=O)NCc2ccccc2)cc1Br. The number of amides is 1. The van der Waals surface area contributed by atoms with Crippen LogP contribution >= 0.6 is 15.9 Å². The summed E-state index contributed by atoms with van der Waals surface area (Å²) in [7, 11) is 1.64. The standard InChI is InChI=1S/C18H21BrN2O2/c1-13(15-8-9-17(23-2)16(19)10-15)20-12-18(22)21-11-14-6-4-3-5-7-14/h3-10,13,20H,11-12H2,1-2H3,(H,21,22)/t13-/m1/s1.